The molecular weight excluding hydrogens is 500 g/mol. The number of ether oxygens (including phenoxy) is 2. The van der Waals surface area contributed by atoms with E-state index in [0.29, 0.717) is 10.5 Å². The first kappa shape index (κ1) is 24.6. The smallest absolute Gasteiger partial charge is 0.262 e. The summed E-state index contributed by atoms with van der Waals surface area (Å²) >= 11 is 1.09. The zero-order valence-corrected chi connectivity index (χ0v) is 20.1. The first-order chi connectivity index (χ1) is 16.6. The van der Waals surface area contributed by atoms with Crippen LogP contribution in [0.2, 0.25) is 0 Å². The summed E-state index contributed by atoms with van der Waals surface area (Å²) in [7, 11) is -1.28. The van der Waals surface area contributed by atoms with Crippen molar-refractivity contribution in [3.05, 3.63) is 76.2 Å². The summed E-state index contributed by atoms with van der Waals surface area (Å²) in [6, 6.07) is 9.97. The number of carbonyl (C=O) groups excluding carboxylic acids is 1. The average Bonchev–Trinajstić information content (AvgIpc) is 2.82. The zero-order chi connectivity index (χ0) is 25.3. The van der Waals surface area contributed by atoms with Crippen LogP contribution in [0.1, 0.15) is 11.1 Å². The third-order valence-corrected chi connectivity index (χ3v) is 7.94. The predicted molar refractivity (Wildman–Crippen MR) is 127 cm³/mol. The van der Waals surface area contributed by atoms with Crippen molar-refractivity contribution in [3.8, 4) is 17.2 Å². The number of carbonyl (C=O) groups is 1. The van der Waals surface area contributed by atoms with Crippen molar-refractivity contribution in [1.82, 2.24) is 0 Å². The topological polar surface area (TPSA) is 102 Å². The number of halogens is 2. The molecule has 0 aliphatic carbocycles. The summed E-state index contributed by atoms with van der Waals surface area (Å²) in [5.74, 6) is -2.77. The van der Waals surface area contributed by atoms with Crippen LogP contribution in [0.4, 0.5) is 14.5 Å². The minimum atomic E-state index is -4.11. The first-order valence-electron chi connectivity index (χ1n) is 10.1. The molecule has 0 spiro atoms. The van der Waals surface area contributed by atoms with E-state index in [-0.39, 0.29) is 32.7 Å². The molecule has 1 heterocycles. The minimum absolute atomic E-state index is 0.0732. The summed E-state index contributed by atoms with van der Waals surface area (Å²) in [6.07, 6.45) is 1.53. The normalized spacial score (nSPS) is 14.4. The number of nitrogens with one attached hydrogen (secondary N) is 1. The molecular formula is C24H19F2NO6S2. The highest BCUT2D eigenvalue weighted by atomic mass is 32.2. The second-order valence-corrected chi connectivity index (χ2v) is 10.5. The Balaban J connectivity index is 1.67. The summed E-state index contributed by atoms with van der Waals surface area (Å²) in [4.78, 5) is 13.4. The van der Waals surface area contributed by atoms with E-state index >= 15 is 0 Å². The summed E-state index contributed by atoms with van der Waals surface area (Å²) in [5.41, 5.74) is 0.127. The lowest BCUT2D eigenvalue weighted by molar-refractivity contribution is -0.112. The van der Waals surface area contributed by atoms with E-state index in [1.807, 2.05) is 0 Å². The molecule has 0 fully saturated rings. The maximum Gasteiger partial charge on any atom is 0.262 e. The molecule has 0 radical (unpaired) electrons. The van der Waals surface area contributed by atoms with Crippen molar-refractivity contribution in [3.63, 3.8) is 0 Å². The molecule has 0 saturated carbocycles. The molecule has 0 saturated heterocycles. The van der Waals surface area contributed by atoms with Gasteiger partial charge in [-0.05, 0) is 36.4 Å². The van der Waals surface area contributed by atoms with Crippen molar-refractivity contribution in [1.29, 1.82) is 0 Å². The summed E-state index contributed by atoms with van der Waals surface area (Å²) < 4.78 is 64.2. The highest BCUT2D eigenvalue weighted by Gasteiger charge is 2.26. The molecule has 1 aliphatic rings. The Hall–Kier alpha value is -3.57. The van der Waals surface area contributed by atoms with Gasteiger partial charge in [0.15, 0.2) is 9.84 Å². The fourth-order valence-electron chi connectivity index (χ4n) is 3.47. The third-order valence-electron chi connectivity index (χ3n) is 5.20. The molecule has 0 atom stereocenters. The number of amides is 1. The number of methoxy groups -OCH3 is 2. The number of phenols is 1. The highest BCUT2D eigenvalue weighted by molar-refractivity contribution is 8.04. The molecule has 0 bridgehead atoms. The Bertz CT molecular complexity index is 1430. The fourth-order valence-corrected chi connectivity index (χ4v) is 5.78. The van der Waals surface area contributed by atoms with Gasteiger partial charge in [0.1, 0.15) is 28.9 Å². The Morgan fingerprint density at radius 3 is 2.26 bits per heavy atom. The highest BCUT2D eigenvalue weighted by Crippen LogP contribution is 2.43. The van der Waals surface area contributed by atoms with E-state index in [1.54, 1.807) is 0 Å². The number of sulfone groups is 1. The maximum absolute atomic E-state index is 14.0. The van der Waals surface area contributed by atoms with Gasteiger partial charge in [0.25, 0.3) is 5.91 Å². The van der Waals surface area contributed by atoms with E-state index in [1.165, 1.54) is 50.6 Å². The Morgan fingerprint density at radius 1 is 1.03 bits per heavy atom. The second-order valence-electron chi connectivity index (χ2n) is 7.45. The number of aromatic hydroxyl groups is 1. The molecule has 0 unspecified atom stereocenters. The first-order valence-corrected chi connectivity index (χ1v) is 12.6. The van der Waals surface area contributed by atoms with Gasteiger partial charge in [-0.1, -0.05) is 17.8 Å². The maximum atomic E-state index is 14.0. The van der Waals surface area contributed by atoms with Gasteiger partial charge in [-0.25, -0.2) is 17.2 Å². The van der Waals surface area contributed by atoms with Crippen molar-refractivity contribution >= 4 is 39.3 Å². The lowest BCUT2D eigenvalue weighted by Crippen LogP contribution is -2.18. The standard InChI is InChI=1S/C24H19F2NO6S2/c1-32-20-8-13(28)9-21(33-2)15(20)11-23-24(29)27-19-10-14(6-7-22(19)34-23)35(30,31)12-16-17(25)4-3-5-18(16)26/h3-11,28H,12H2,1-2H3,(H,27,29). The van der Waals surface area contributed by atoms with Gasteiger partial charge in [0.2, 0.25) is 0 Å². The number of phenolic OH excluding ortho intramolecular Hbond substituents is 1. The lowest BCUT2D eigenvalue weighted by atomic mass is 10.1. The van der Waals surface area contributed by atoms with E-state index in [0.717, 1.165) is 30.0 Å². The van der Waals surface area contributed by atoms with Crippen LogP contribution in [0.5, 0.6) is 17.2 Å². The van der Waals surface area contributed by atoms with Crippen LogP contribution in [0, 0.1) is 11.6 Å². The Morgan fingerprint density at radius 2 is 1.66 bits per heavy atom. The number of hydrogen-bond donors (Lipinski definition) is 2. The minimum Gasteiger partial charge on any atom is -0.508 e. The van der Waals surface area contributed by atoms with E-state index in [9.17, 15) is 27.1 Å². The number of anilines is 1. The molecule has 11 heteroatoms. The van der Waals surface area contributed by atoms with Gasteiger partial charge in [-0.3, -0.25) is 4.79 Å². The van der Waals surface area contributed by atoms with Crippen molar-refractivity contribution in [2.24, 2.45) is 0 Å². The van der Waals surface area contributed by atoms with E-state index in [2.05, 4.69) is 5.32 Å². The molecule has 35 heavy (non-hydrogen) atoms. The quantitative estimate of drug-likeness (QED) is 0.454. The monoisotopic (exact) mass is 519 g/mol. The Labute approximate surface area is 204 Å². The molecule has 4 rings (SSSR count). The van der Waals surface area contributed by atoms with Crippen molar-refractivity contribution in [2.75, 3.05) is 19.5 Å². The van der Waals surface area contributed by atoms with Gasteiger partial charge in [0.05, 0.1) is 41.0 Å². The van der Waals surface area contributed by atoms with Crippen molar-refractivity contribution < 1.29 is 36.6 Å². The predicted octanol–water partition coefficient (Wildman–Crippen LogP) is 4.75. The number of thioether (sulfide) groups is 1. The average molecular weight is 520 g/mol. The van der Waals surface area contributed by atoms with Crippen LogP contribution in [-0.2, 0) is 20.4 Å². The lowest BCUT2D eigenvalue weighted by Gasteiger charge is -2.20. The fraction of sp³-hybridized carbons (Fsp3) is 0.125. The number of rotatable bonds is 6. The zero-order valence-electron chi connectivity index (χ0n) is 18.5. The summed E-state index contributed by atoms with van der Waals surface area (Å²) in [5, 5.41) is 12.5. The van der Waals surface area contributed by atoms with Crippen LogP contribution in [0.25, 0.3) is 6.08 Å². The molecule has 1 aliphatic heterocycles. The third kappa shape index (κ3) is 4.96. The van der Waals surface area contributed by atoms with E-state index in [4.69, 9.17) is 9.47 Å². The van der Waals surface area contributed by atoms with Crippen LogP contribution in [0.3, 0.4) is 0 Å². The van der Waals surface area contributed by atoms with Gasteiger partial charge in [-0.15, -0.1) is 0 Å². The van der Waals surface area contributed by atoms with Gasteiger partial charge in [-0.2, -0.15) is 0 Å². The van der Waals surface area contributed by atoms with Gasteiger partial charge < -0.3 is 19.9 Å². The number of benzene rings is 3. The molecule has 3 aromatic carbocycles. The van der Waals surface area contributed by atoms with Crippen LogP contribution >= 0.6 is 11.8 Å². The largest absolute Gasteiger partial charge is 0.508 e. The Kier molecular flexibility index (Phi) is 6.73. The van der Waals surface area contributed by atoms with Crippen LogP contribution in [-0.4, -0.2) is 33.7 Å². The van der Waals surface area contributed by atoms with E-state index < -0.39 is 38.7 Å². The SMILES string of the molecule is COc1cc(O)cc(OC)c1C=C1Sc2ccc(S(=O)(=O)Cc3c(F)cccc3F)cc2NC1=O. The van der Waals surface area contributed by atoms with Crippen LogP contribution in [0.15, 0.2) is 63.2 Å². The molecule has 0 aromatic heterocycles. The number of hydrogen-bond acceptors (Lipinski definition) is 7. The van der Waals surface area contributed by atoms with Gasteiger partial charge >= 0.3 is 0 Å². The van der Waals surface area contributed by atoms with Crippen LogP contribution < -0.4 is 14.8 Å². The second kappa shape index (κ2) is 9.59. The summed E-state index contributed by atoms with van der Waals surface area (Å²) in [6.45, 7) is 0. The van der Waals surface area contributed by atoms with Gasteiger partial charge in [0, 0.05) is 22.6 Å². The molecule has 1 amide bonds. The molecule has 3 aromatic rings. The molecule has 7 nitrogen and oxygen atoms in total. The van der Waals surface area contributed by atoms with Crippen molar-refractivity contribution in [2.45, 2.75) is 15.5 Å². The molecule has 2 N–H and O–H groups in total. The molecule has 182 valence electrons. The number of fused-ring (bicyclic) bond motifs is 1.